The number of ketones is 1. The quantitative estimate of drug-likeness (QED) is 0.779. The van der Waals surface area contributed by atoms with Gasteiger partial charge in [0.2, 0.25) is 0 Å². The van der Waals surface area contributed by atoms with Gasteiger partial charge in [0.15, 0.2) is 0 Å². The topological polar surface area (TPSA) is 17.1 Å². The Kier molecular flexibility index (Phi) is 4.09. The summed E-state index contributed by atoms with van der Waals surface area (Å²) in [4.78, 5) is 11.9. The summed E-state index contributed by atoms with van der Waals surface area (Å²) in [5, 5.41) is 0.320. The van der Waals surface area contributed by atoms with Crippen LogP contribution in [0.15, 0.2) is 18.2 Å². The zero-order chi connectivity index (χ0) is 12.3. The van der Waals surface area contributed by atoms with E-state index < -0.39 is 11.2 Å². The van der Waals surface area contributed by atoms with Crippen LogP contribution >= 0.6 is 11.6 Å². The van der Waals surface area contributed by atoms with Crippen LogP contribution in [0.1, 0.15) is 32.8 Å². The third-order valence-electron chi connectivity index (χ3n) is 3.04. The van der Waals surface area contributed by atoms with Gasteiger partial charge in [0.1, 0.15) is 11.6 Å². The van der Waals surface area contributed by atoms with Crippen LogP contribution in [-0.2, 0) is 11.2 Å². The van der Waals surface area contributed by atoms with E-state index >= 15 is 0 Å². The van der Waals surface area contributed by atoms with Gasteiger partial charge in [-0.1, -0.05) is 38.4 Å². The second-order valence-corrected chi connectivity index (χ2v) is 4.94. The lowest BCUT2D eigenvalue weighted by atomic mass is 9.82. The fraction of sp³-hybridized carbons (Fsp3) is 0.462. The molecule has 0 aliphatic rings. The summed E-state index contributed by atoms with van der Waals surface area (Å²) in [7, 11) is 0. The molecule has 0 saturated heterocycles. The number of carbonyl (C=O) groups is 1. The Labute approximate surface area is 101 Å². The minimum Gasteiger partial charge on any atom is -0.299 e. The lowest BCUT2D eigenvalue weighted by Crippen LogP contribution is -2.25. The average Bonchev–Trinajstić information content (AvgIpc) is 2.23. The van der Waals surface area contributed by atoms with Crippen LogP contribution in [0.25, 0.3) is 0 Å². The van der Waals surface area contributed by atoms with Gasteiger partial charge in [0.25, 0.3) is 0 Å². The highest BCUT2D eigenvalue weighted by molar-refractivity contribution is 6.31. The van der Waals surface area contributed by atoms with Crippen molar-refractivity contribution in [3.8, 4) is 0 Å². The minimum atomic E-state index is -0.425. The smallest absolute Gasteiger partial charge is 0.142 e. The first kappa shape index (κ1) is 13.2. The first-order valence-electron chi connectivity index (χ1n) is 5.34. The van der Waals surface area contributed by atoms with E-state index in [1.165, 1.54) is 12.1 Å². The number of carbonyl (C=O) groups excluding carboxylic acids is 1. The van der Waals surface area contributed by atoms with E-state index in [9.17, 15) is 9.18 Å². The minimum absolute atomic E-state index is 0.0157. The number of hydrogen-bond acceptors (Lipinski definition) is 1. The lowest BCUT2D eigenvalue weighted by Gasteiger charge is -2.21. The van der Waals surface area contributed by atoms with Crippen LogP contribution in [0.5, 0.6) is 0 Å². The molecule has 16 heavy (non-hydrogen) atoms. The molecule has 0 radical (unpaired) electrons. The molecule has 0 aliphatic heterocycles. The molecule has 0 aliphatic carbocycles. The van der Waals surface area contributed by atoms with Gasteiger partial charge in [-0.3, -0.25) is 4.79 Å². The second-order valence-electron chi connectivity index (χ2n) is 4.54. The van der Waals surface area contributed by atoms with Gasteiger partial charge in [-0.15, -0.1) is 0 Å². The maximum absolute atomic E-state index is 13.5. The summed E-state index contributed by atoms with van der Waals surface area (Å²) < 4.78 is 13.5. The lowest BCUT2D eigenvalue weighted by molar-refractivity contribution is -0.126. The van der Waals surface area contributed by atoms with Crippen molar-refractivity contribution in [2.45, 2.75) is 33.6 Å². The van der Waals surface area contributed by atoms with Crippen molar-refractivity contribution < 1.29 is 9.18 Å². The fourth-order valence-electron chi connectivity index (χ4n) is 1.30. The van der Waals surface area contributed by atoms with E-state index in [0.717, 1.165) is 6.42 Å². The monoisotopic (exact) mass is 242 g/mol. The maximum Gasteiger partial charge on any atom is 0.142 e. The summed E-state index contributed by atoms with van der Waals surface area (Å²) in [5.74, 6) is -0.394. The van der Waals surface area contributed by atoms with E-state index in [1.807, 2.05) is 20.8 Å². The molecule has 0 bridgehead atoms. The van der Waals surface area contributed by atoms with Gasteiger partial charge in [-0.2, -0.15) is 0 Å². The molecule has 0 amide bonds. The fourth-order valence-corrected chi connectivity index (χ4v) is 1.53. The van der Waals surface area contributed by atoms with Crippen LogP contribution in [-0.4, -0.2) is 5.78 Å². The highest BCUT2D eigenvalue weighted by atomic mass is 35.5. The Morgan fingerprint density at radius 3 is 2.56 bits per heavy atom. The van der Waals surface area contributed by atoms with E-state index in [4.69, 9.17) is 11.6 Å². The summed E-state index contributed by atoms with van der Waals surface area (Å²) in [6, 6.07) is 4.47. The Balaban J connectivity index is 2.94. The standard InChI is InChI=1S/C13H16ClFO/c1-4-13(2,3)12(16)8-9-10(14)6-5-7-11(9)15/h5-7H,4,8H2,1-3H3. The molecule has 0 saturated carbocycles. The maximum atomic E-state index is 13.5. The van der Waals surface area contributed by atoms with Crippen LogP contribution in [0.3, 0.4) is 0 Å². The molecular formula is C13H16ClFO. The van der Waals surface area contributed by atoms with Crippen molar-refractivity contribution in [1.82, 2.24) is 0 Å². The van der Waals surface area contributed by atoms with Crippen LogP contribution < -0.4 is 0 Å². The number of benzene rings is 1. The van der Waals surface area contributed by atoms with E-state index in [1.54, 1.807) is 6.07 Å². The van der Waals surface area contributed by atoms with Crippen LogP contribution in [0.4, 0.5) is 4.39 Å². The Hall–Kier alpha value is -0.890. The molecule has 1 aromatic rings. The number of Topliss-reactive ketones (excluding diaryl/α,β-unsaturated/α-hetero) is 1. The van der Waals surface area contributed by atoms with Crippen molar-refractivity contribution >= 4 is 17.4 Å². The summed E-state index contributed by atoms with van der Waals surface area (Å²) >= 11 is 5.87. The molecular weight excluding hydrogens is 227 g/mol. The van der Waals surface area contributed by atoms with Crippen LogP contribution in [0.2, 0.25) is 5.02 Å². The summed E-state index contributed by atoms with van der Waals surface area (Å²) in [6.45, 7) is 5.68. The van der Waals surface area contributed by atoms with Gasteiger partial charge >= 0.3 is 0 Å². The molecule has 0 fully saturated rings. The van der Waals surface area contributed by atoms with Gasteiger partial charge < -0.3 is 0 Å². The largest absolute Gasteiger partial charge is 0.299 e. The predicted molar refractivity (Wildman–Crippen MR) is 64.2 cm³/mol. The molecule has 1 aromatic carbocycles. The molecule has 0 aromatic heterocycles. The van der Waals surface area contributed by atoms with E-state index in [-0.39, 0.29) is 12.2 Å². The number of halogens is 2. The molecule has 1 nitrogen and oxygen atoms in total. The molecule has 0 atom stereocenters. The highest BCUT2D eigenvalue weighted by Crippen LogP contribution is 2.26. The molecule has 88 valence electrons. The SMILES string of the molecule is CCC(C)(C)C(=O)Cc1c(F)cccc1Cl. The summed E-state index contributed by atoms with van der Waals surface area (Å²) in [5.41, 5.74) is -0.123. The normalized spacial score (nSPS) is 11.6. The molecule has 0 unspecified atom stereocenters. The third kappa shape index (κ3) is 2.82. The van der Waals surface area contributed by atoms with Crippen LogP contribution in [0, 0.1) is 11.2 Å². The van der Waals surface area contributed by atoms with Crippen molar-refractivity contribution in [2.75, 3.05) is 0 Å². The van der Waals surface area contributed by atoms with Gasteiger partial charge in [0.05, 0.1) is 0 Å². The zero-order valence-electron chi connectivity index (χ0n) is 9.81. The Bertz CT molecular complexity index is 379. The molecule has 0 N–H and O–H groups in total. The summed E-state index contributed by atoms with van der Waals surface area (Å²) in [6.07, 6.45) is 0.796. The zero-order valence-corrected chi connectivity index (χ0v) is 10.6. The van der Waals surface area contributed by atoms with Gasteiger partial charge in [0, 0.05) is 22.4 Å². The van der Waals surface area contributed by atoms with E-state index in [2.05, 4.69) is 0 Å². The Morgan fingerprint density at radius 1 is 1.44 bits per heavy atom. The van der Waals surface area contributed by atoms with Crippen molar-refractivity contribution in [2.24, 2.45) is 5.41 Å². The molecule has 3 heteroatoms. The molecule has 0 heterocycles. The predicted octanol–water partition coefficient (Wildman–Crippen LogP) is 4.03. The first-order chi connectivity index (χ1) is 7.38. The first-order valence-corrected chi connectivity index (χ1v) is 5.72. The second kappa shape index (κ2) is 4.96. The van der Waals surface area contributed by atoms with Crippen molar-refractivity contribution in [3.05, 3.63) is 34.6 Å². The van der Waals surface area contributed by atoms with Gasteiger partial charge in [-0.05, 0) is 18.6 Å². The van der Waals surface area contributed by atoms with Crippen molar-refractivity contribution in [3.63, 3.8) is 0 Å². The Morgan fingerprint density at radius 2 is 2.06 bits per heavy atom. The number of hydrogen-bond donors (Lipinski definition) is 0. The highest BCUT2D eigenvalue weighted by Gasteiger charge is 2.26. The average molecular weight is 243 g/mol. The van der Waals surface area contributed by atoms with E-state index in [0.29, 0.717) is 10.6 Å². The molecule has 1 rings (SSSR count). The third-order valence-corrected chi connectivity index (χ3v) is 3.39. The van der Waals surface area contributed by atoms with Crippen molar-refractivity contribution in [1.29, 1.82) is 0 Å². The molecule has 0 spiro atoms. The van der Waals surface area contributed by atoms with Gasteiger partial charge in [-0.25, -0.2) is 4.39 Å². The number of rotatable bonds is 4.